The van der Waals surface area contributed by atoms with Gasteiger partial charge < -0.3 is 10.4 Å². The number of aromatic hydroxyl groups is 1. The standard InChI is InChI=1S/C21H35NO2/c1-6-7-8-9-12-22-20(23)11-10-17-13-18(15(2)3)21(24)19(14-17)16(4)5/h13-16,24H,6-12H2,1-5H3,(H,22,23). The van der Waals surface area contributed by atoms with Crippen LogP contribution in [0.3, 0.4) is 0 Å². The van der Waals surface area contributed by atoms with Gasteiger partial charge in [-0.1, -0.05) is 66.0 Å². The van der Waals surface area contributed by atoms with E-state index in [1.54, 1.807) is 0 Å². The summed E-state index contributed by atoms with van der Waals surface area (Å²) < 4.78 is 0. The van der Waals surface area contributed by atoms with Crippen LogP contribution in [-0.2, 0) is 11.2 Å². The van der Waals surface area contributed by atoms with Crippen molar-refractivity contribution in [2.75, 3.05) is 6.54 Å². The quantitative estimate of drug-likeness (QED) is 0.573. The van der Waals surface area contributed by atoms with Crippen LogP contribution in [0, 0.1) is 0 Å². The van der Waals surface area contributed by atoms with Crippen LogP contribution in [0.2, 0.25) is 0 Å². The highest BCUT2D eigenvalue weighted by molar-refractivity contribution is 5.76. The van der Waals surface area contributed by atoms with Gasteiger partial charge in [-0.3, -0.25) is 4.79 Å². The number of hydrogen-bond donors (Lipinski definition) is 2. The molecular weight excluding hydrogens is 298 g/mol. The van der Waals surface area contributed by atoms with Gasteiger partial charge in [0.25, 0.3) is 0 Å². The number of carbonyl (C=O) groups excluding carboxylic acids is 1. The number of benzene rings is 1. The summed E-state index contributed by atoms with van der Waals surface area (Å²) in [5.74, 6) is 1.09. The fourth-order valence-corrected chi connectivity index (χ4v) is 2.89. The zero-order valence-corrected chi connectivity index (χ0v) is 16.1. The molecule has 2 N–H and O–H groups in total. The minimum Gasteiger partial charge on any atom is -0.507 e. The largest absolute Gasteiger partial charge is 0.507 e. The zero-order chi connectivity index (χ0) is 18.1. The Morgan fingerprint density at radius 3 is 2.12 bits per heavy atom. The Labute approximate surface area is 147 Å². The summed E-state index contributed by atoms with van der Waals surface area (Å²) in [6.07, 6.45) is 5.93. The number of nitrogens with one attached hydrogen (secondary N) is 1. The summed E-state index contributed by atoms with van der Waals surface area (Å²) in [5.41, 5.74) is 3.11. The minimum absolute atomic E-state index is 0.122. The van der Waals surface area contributed by atoms with Gasteiger partial charge in [-0.25, -0.2) is 0 Å². The molecule has 0 radical (unpaired) electrons. The van der Waals surface area contributed by atoms with Crippen molar-refractivity contribution in [3.05, 3.63) is 28.8 Å². The van der Waals surface area contributed by atoms with Gasteiger partial charge in [0.05, 0.1) is 0 Å². The van der Waals surface area contributed by atoms with Crippen LogP contribution in [-0.4, -0.2) is 17.6 Å². The van der Waals surface area contributed by atoms with Crippen molar-refractivity contribution in [1.82, 2.24) is 5.32 Å². The average molecular weight is 334 g/mol. The van der Waals surface area contributed by atoms with E-state index in [1.807, 2.05) is 0 Å². The summed E-state index contributed by atoms with van der Waals surface area (Å²) in [6.45, 7) is 11.3. The molecule has 24 heavy (non-hydrogen) atoms. The van der Waals surface area contributed by atoms with Gasteiger partial charge in [-0.2, -0.15) is 0 Å². The molecule has 0 heterocycles. The van der Waals surface area contributed by atoms with Crippen LogP contribution in [0.25, 0.3) is 0 Å². The maximum Gasteiger partial charge on any atom is 0.220 e. The summed E-state index contributed by atoms with van der Waals surface area (Å²) in [7, 11) is 0. The van der Waals surface area contributed by atoms with Gasteiger partial charge >= 0.3 is 0 Å². The maximum absolute atomic E-state index is 12.0. The Bertz CT molecular complexity index is 492. The van der Waals surface area contributed by atoms with Gasteiger partial charge in [-0.05, 0) is 41.4 Å². The molecule has 0 atom stereocenters. The lowest BCUT2D eigenvalue weighted by Gasteiger charge is -2.17. The van der Waals surface area contributed by atoms with Crippen LogP contribution in [0.4, 0.5) is 0 Å². The summed E-state index contributed by atoms with van der Waals surface area (Å²) in [4.78, 5) is 12.0. The number of hydrogen-bond acceptors (Lipinski definition) is 2. The van der Waals surface area contributed by atoms with E-state index in [0.29, 0.717) is 12.2 Å². The molecule has 1 rings (SSSR count). The van der Waals surface area contributed by atoms with Crippen LogP contribution >= 0.6 is 0 Å². The van der Waals surface area contributed by atoms with Crippen LogP contribution in [0.5, 0.6) is 5.75 Å². The van der Waals surface area contributed by atoms with E-state index >= 15 is 0 Å². The Morgan fingerprint density at radius 1 is 1.04 bits per heavy atom. The first kappa shape index (κ1) is 20.5. The average Bonchev–Trinajstić information content (AvgIpc) is 2.53. The molecule has 3 heteroatoms. The monoisotopic (exact) mass is 333 g/mol. The van der Waals surface area contributed by atoms with E-state index in [0.717, 1.165) is 36.1 Å². The maximum atomic E-state index is 12.0. The highest BCUT2D eigenvalue weighted by atomic mass is 16.3. The molecule has 0 fully saturated rings. The van der Waals surface area contributed by atoms with Crippen molar-refractivity contribution in [1.29, 1.82) is 0 Å². The number of aryl methyl sites for hydroxylation is 1. The molecule has 1 aromatic carbocycles. The van der Waals surface area contributed by atoms with Crippen molar-refractivity contribution < 1.29 is 9.90 Å². The Morgan fingerprint density at radius 2 is 1.62 bits per heavy atom. The summed E-state index contributed by atoms with van der Waals surface area (Å²) in [6, 6.07) is 4.11. The molecule has 0 unspecified atom stereocenters. The van der Waals surface area contributed by atoms with Gasteiger partial charge in [0.2, 0.25) is 5.91 Å². The van der Waals surface area contributed by atoms with Gasteiger partial charge in [0.15, 0.2) is 0 Å². The summed E-state index contributed by atoms with van der Waals surface area (Å²) >= 11 is 0. The molecule has 0 saturated carbocycles. The van der Waals surface area contributed by atoms with Crippen molar-refractivity contribution in [3.8, 4) is 5.75 Å². The zero-order valence-electron chi connectivity index (χ0n) is 16.1. The molecule has 3 nitrogen and oxygen atoms in total. The topological polar surface area (TPSA) is 49.3 Å². The minimum atomic E-state index is 0.122. The second-order valence-corrected chi connectivity index (χ2v) is 7.34. The molecule has 0 bridgehead atoms. The second-order valence-electron chi connectivity index (χ2n) is 7.34. The van der Waals surface area contributed by atoms with E-state index in [9.17, 15) is 9.90 Å². The molecular formula is C21H35NO2. The molecule has 1 aromatic rings. The van der Waals surface area contributed by atoms with E-state index < -0.39 is 0 Å². The fourth-order valence-electron chi connectivity index (χ4n) is 2.89. The van der Waals surface area contributed by atoms with Crippen LogP contribution in [0.1, 0.15) is 95.2 Å². The molecule has 0 aliphatic carbocycles. The third-order valence-electron chi connectivity index (χ3n) is 4.47. The highest BCUT2D eigenvalue weighted by Crippen LogP contribution is 2.35. The lowest BCUT2D eigenvalue weighted by Crippen LogP contribution is -2.24. The Kier molecular flexibility index (Phi) is 8.88. The lowest BCUT2D eigenvalue weighted by molar-refractivity contribution is -0.121. The molecule has 0 aromatic heterocycles. The normalized spacial score (nSPS) is 11.3. The van der Waals surface area contributed by atoms with Gasteiger partial charge in [0.1, 0.15) is 5.75 Å². The van der Waals surface area contributed by atoms with E-state index in [1.165, 1.54) is 19.3 Å². The molecule has 0 saturated heterocycles. The predicted molar refractivity (Wildman–Crippen MR) is 102 cm³/mol. The first-order valence-corrected chi connectivity index (χ1v) is 9.49. The molecule has 0 aliphatic rings. The smallest absolute Gasteiger partial charge is 0.220 e. The van der Waals surface area contributed by atoms with E-state index in [4.69, 9.17) is 0 Å². The first-order chi connectivity index (χ1) is 11.4. The Hall–Kier alpha value is -1.51. The van der Waals surface area contributed by atoms with Gasteiger partial charge in [-0.15, -0.1) is 0 Å². The predicted octanol–water partition coefficient (Wildman–Crippen LogP) is 5.27. The number of phenolic OH excluding ortho intramolecular Hbond substituents is 1. The van der Waals surface area contributed by atoms with Crippen LogP contribution in [0.15, 0.2) is 12.1 Å². The van der Waals surface area contributed by atoms with Gasteiger partial charge in [0, 0.05) is 13.0 Å². The second kappa shape index (κ2) is 10.4. The molecule has 1 amide bonds. The fraction of sp³-hybridized carbons (Fsp3) is 0.667. The molecule has 136 valence electrons. The van der Waals surface area contributed by atoms with Crippen molar-refractivity contribution in [2.45, 2.75) is 85.0 Å². The summed E-state index contributed by atoms with van der Waals surface area (Å²) in [5, 5.41) is 13.4. The number of phenols is 1. The van der Waals surface area contributed by atoms with Crippen molar-refractivity contribution in [2.24, 2.45) is 0 Å². The van der Waals surface area contributed by atoms with Crippen molar-refractivity contribution >= 4 is 5.91 Å². The highest BCUT2D eigenvalue weighted by Gasteiger charge is 2.15. The number of unbranched alkanes of at least 4 members (excludes halogenated alkanes) is 3. The van der Waals surface area contributed by atoms with Crippen molar-refractivity contribution in [3.63, 3.8) is 0 Å². The third kappa shape index (κ3) is 6.54. The number of rotatable bonds is 10. The SMILES string of the molecule is CCCCCCNC(=O)CCc1cc(C(C)C)c(O)c(C(C)C)c1. The van der Waals surface area contributed by atoms with E-state index in [-0.39, 0.29) is 17.7 Å². The molecule has 0 aliphatic heterocycles. The lowest BCUT2D eigenvalue weighted by atomic mass is 9.90. The molecule has 0 spiro atoms. The van der Waals surface area contributed by atoms with E-state index in [2.05, 4.69) is 52.1 Å². The third-order valence-corrected chi connectivity index (χ3v) is 4.47. The first-order valence-electron chi connectivity index (χ1n) is 9.49. The van der Waals surface area contributed by atoms with Crippen LogP contribution < -0.4 is 5.32 Å². The number of carbonyl (C=O) groups is 1. The Balaban J connectivity index is 2.62. The number of amides is 1.